The highest BCUT2D eigenvalue weighted by molar-refractivity contribution is 5.74. The van der Waals surface area contributed by atoms with Crippen LogP contribution < -0.4 is 4.90 Å². The standard InChI is InChI=1S/C15H21N5O/c1-18(2)15(21)19(3)13-5-4-8-20(11-13)14-7-6-12(9-16)10-17-14/h6-7,10,13H,4-5,8,11H2,1-3H3. The lowest BCUT2D eigenvalue weighted by molar-refractivity contribution is 0.157. The van der Waals surface area contributed by atoms with Gasteiger partial charge in [0, 0.05) is 40.4 Å². The van der Waals surface area contributed by atoms with Crippen LogP contribution in [0.15, 0.2) is 18.3 Å². The molecule has 112 valence electrons. The van der Waals surface area contributed by atoms with Crippen molar-refractivity contribution in [2.45, 2.75) is 18.9 Å². The predicted molar refractivity (Wildman–Crippen MR) is 81.0 cm³/mol. The van der Waals surface area contributed by atoms with Crippen LogP contribution >= 0.6 is 0 Å². The second-order valence-corrected chi connectivity index (χ2v) is 5.55. The average Bonchev–Trinajstić information content (AvgIpc) is 2.53. The van der Waals surface area contributed by atoms with Crippen molar-refractivity contribution in [2.75, 3.05) is 39.1 Å². The van der Waals surface area contributed by atoms with E-state index in [0.29, 0.717) is 5.56 Å². The maximum atomic E-state index is 12.1. The summed E-state index contributed by atoms with van der Waals surface area (Å²) >= 11 is 0. The Balaban J connectivity index is 2.06. The van der Waals surface area contributed by atoms with Gasteiger partial charge in [0.1, 0.15) is 11.9 Å². The molecule has 2 rings (SSSR count). The van der Waals surface area contributed by atoms with Crippen molar-refractivity contribution >= 4 is 11.8 Å². The number of amides is 2. The zero-order valence-electron chi connectivity index (χ0n) is 12.8. The van der Waals surface area contributed by atoms with Gasteiger partial charge in [0.15, 0.2) is 0 Å². The minimum atomic E-state index is 0.0228. The molecule has 21 heavy (non-hydrogen) atoms. The summed E-state index contributed by atoms with van der Waals surface area (Å²) in [5, 5.41) is 8.81. The molecule has 1 aromatic rings. The fraction of sp³-hybridized carbons (Fsp3) is 0.533. The quantitative estimate of drug-likeness (QED) is 0.827. The number of carbonyl (C=O) groups excluding carboxylic acids is 1. The number of rotatable bonds is 2. The fourth-order valence-electron chi connectivity index (χ4n) is 2.59. The molecule has 2 heterocycles. The SMILES string of the molecule is CN(C)C(=O)N(C)C1CCCN(c2ccc(C#N)cn2)C1. The molecule has 1 aliphatic heterocycles. The number of pyridine rings is 1. The Labute approximate surface area is 125 Å². The van der Waals surface area contributed by atoms with Gasteiger partial charge in [-0.3, -0.25) is 0 Å². The van der Waals surface area contributed by atoms with Gasteiger partial charge >= 0.3 is 6.03 Å². The number of anilines is 1. The summed E-state index contributed by atoms with van der Waals surface area (Å²) in [4.78, 5) is 22.0. The third-order valence-electron chi connectivity index (χ3n) is 3.83. The van der Waals surface area contributed by atoms with Gasteiger partial charge in [0.25, 0.3) is 0 Å². The Bertz CT molecular complexity index is 534. The molecule has 0 aromatic carbocycles. The minimum absolute atomic E-state index is 0.0228. The number of urea groups is 1. The van der Waals surface area contributed by atoms with Crippen LogP contribution in [0, 0.1) is 11.3 Å². The smallest absolute Gasteiger partial charge is 0.319 e. The van der Waals surface area contributed by atoms with E-state index in [0.717, 1.165) is 31.7 Å². The van der Waals surface area contributed by atoms with E-state index in [1.807, 2.05) is 13.1 Å². The van der Waals surface area contributed by atoms with Crippen molar-refractivity contribution in [3.8, 4) is 6.07 Å². The van der Waals surface area contributed by atoms with Crippen LogP contribution in [0.5, 0.6) is 0 Å². The Hall–Kier alpha value is -2.29. The normalized spacial score (nSPS) is 18.0. The number of hydrogen-bond acceptors (Lipinski definition) is 4. The molecule has 1 aliphatic rings. The predicted octanol–water partition coefficient (Wildman–Crippen LogP) is 1.54. The number of nitrogens with zero attached hydrogens (tertiary/aromatic N) is 5. The molecule has 0 saturated carbocycles. The minimum Gasteiger partial charge on any atom is -0.355 e. The average molecular weight is 287 g/mol. The monoisotopic (exact) mass is 287 g/mol. The first kappa shape index (κ1) is 15.1. The molecule has 1 saturated heterocycles. The summed E-state index contributed by atoms with van der Waals surface area (Å²) < 4.78 is 0. The highest BCUT2D eigenvalue weighted by atomic mass is 16.2. The largest absolute Gasteiger partial charge is 0.355 e. The molecule has 1 fully saturated rings. The van der Waals surface area contributed by atoms with Crippen LogP contribution in [0.3, 0.4) is 0 Å². The van der Waals surface area contributed by atoms with Crippen molar-refractivity contribution in [2.24, 2.45) is 0 Å². The lowest BCUT2D eigenvalue weighted by atomic mass is 10.0. The fourth-order valence-corrected chi connectivity index (χ4v) is 2.59. The summed E-state index contributed by atoms with van der Waals surface area (Å²) in [7, 11) is 5.38. The number of aromatic nitrogens is 1. The second-order valence-electron chi connectivity index (χ2n) is 5.55. The number of carbonyl (C=O) groups is 1. The zero-order valence-corrected chi connectivity index (χ0v) is 12.8. The molecule has 0 radical (unpaired) electrons. The highest BCUT2D eigenvalue weighted by Crippen LogP contribution is 2.21. The van der Waals surface area contributed by atoms with E-state index in [-0.39, 0.29) is 12.1 Å². The Morgan fingerprint density at radius 3 is 2.76 bits per heavy atom. The molecule has 6 nitrogen and oxygen atoms in total. The molecule has 0 N–H and O–H groups in total. The van der Waals surface area contributed by atoms with Gasteiger partial charge in [0.05, 0.1) is 11.6 Å². The van der Waals surface area contributed by atoms with Crippen molar-refractivity contribution in [1.29, 1.82) is 5.26 Å². The number of nitriles is 1. The number of piperidine rings is 1. The highest BCUT2D eigenvalue weighted by Gasteiger charge is 2.27. The molecular formula is C15H21N5O. The molecule has 6 heteroatoms. The summed E-state index contributed by atoms with van der Waals surface area (Å²) in [5.41, 5.74) is 0.562. The first-order valence-corrected chi connectivity index (χ1v) is 7.08. The molecule has 0 bridgehead atoms. The van der Waals surface area contributed by atoms with Crippen LogP contribution in [0.1, 0.15) is 18.4 Å². The van der Waals surface area contributed by atoms with E-state index in [2.05, 4.69) is 16.0 Å². The lowest BCUT2D eigenvalue weighted by Gasteiger charge is -2.39. The van der Waals surface area contributed by atoms with Gasteiger partial charge in [-0.15, -0.1) is 0 Å². The third kappa shape index (κ3) is 3.43. The topological polar surface area (TPSA) is 63.5 Å². The van der Waals surface area contributed by atoms with Crippen molar-refractivity contribution in [3.63, 3.8) is 0 Å². The Morgan fingerprint density at radius 2 is 2.19 bits per heavy atom. The Morgan fingerprint density at radius 1 is 1.43 bits per heavy atom. The van der Waals surface area contributed by atoms with Crippen LogP contribution in [-0.2, 0) is 0 Å². The van der Waals surface area contributed by atoms with Crippen LogP contribution in [-0.4, -0.2) is 61.1 Å². The summed E-state index contributed by atoms with van der Waals surface area (Å²) in [6.45, 7) is 1.70. The van der Waals surface area contributed by atoms with E-state index < -0.39 is 0 Å². The molecule has 0 aliphatic carbocycles. The molecular weight excluding hydrogens is 266 g/mol. The zero-order chi connectivity index (χ0) is 15.4. The molecule has 1 unspecified atom stereocenters. The first-order chi connectivity index (χ1) is 10.0. The molecule has 1 aromatic heterocycles. The van der Waals surface area contributed by atoms with E-state index in [4.69, 9.17) is 5.26 Å². The lowest BCUT2D eigenvalue weighted by Crippen LogP contribution is -2.51. The third-order valence-corrected chi connectivity index (χ3v) is 3.83. The number of likely N-dealkylation sites (N-methyl/N-ethyl adjacent to an activating group) is 1. The van der Waals surface area contributed by atoms with Crippen LogP contribution in [0.2, 0.25) is 0 Å². The first-order valence-electron chi connectivity index (χ1n) is 7.08. The van der Waals surface area contributed by atoms with E-state index in [1.54, 1.807) is 36.2 Å². The maximum Gasteiger partial charge on any atom is 0.319 e. The molecule has 2 amide bonds. The van der Waals surface area contributed by atoms with Crippen molar-refractivity contribution in [3.05, 3.63) is 23.9 Å². The van der Waals surface area contributed by atoms with Gasteiger partial charge in [0.2, 0.25) is 0 Å². The van der Waals surface area contributed by atoms with Crippen molar-refractivity contribution in [1.82, 2.24) is 14.8 Å². The summed E-state index contributed by atoms with van der Waals surface area (Å²) in [6.07, 6.45) is 3.62. The maximum absolute atomic E-state index is 12.1. The molecule has 1 atom stereocenters. The Kier molecular flexibility index (Phi) is 4.63. The van der Waals surface area contributed by atoms with Gasteiger partial charge in [-0.2, -0.15) is 5.26 Å². The van der Waals surface area contributed by atoms with Crippen molar-refractivity contribution < 1.29 is 4.79 Å². The number of hydrogen-bond donors (Lipinski definition) is 0. The van der Waals surface area contributed by atoms with Gasteiger partial charge in [-0.05, 0) is 25.0 Å². The van der Waals surface area contributed by atoms with Gasteiger partial charge in [-0.25, -0.2) is 9.78 Å². The van der Waals surface area contributed by atoms with E-state index >= 15 is 0 Å². The van der Waals surface area contributed by atoms with Crippen LogP contribution in [0.25, 0.3) is 0 Å². The summed E-state index contributed by atoms with van der Waals surface area (Å²) in [6, 6.07) is 5.93. The summed E-state index contributed by atoms with van der Waals surface area (Å²) in [5.74, 6) is 0.865. The van der Waals surface area contributed by atoms with E-state index in [1.165, 1.54) is 0 Å². The van der Waals surface area contributed by atoms with Gasteiger partial charge < -0.3 is 14.7 Å². The van der Waals surface area contributed by atoms with E-state index in [9.17, 15) is 4.79 Å². The molecule has 0 spiro atoms. The van der Waals surface area contributed by atoms with Crippen LogP contribution in [0.4, 0.5) is 10.6 Å². The van der Waals surface area contributed by atoms with Gasteiger partial charge in [-0.1, -0.05) is 0 Å². The second kappa shape index (κ2) is 6.44.